The minimum atomic E-state index is -0.675. The molecule has 3 fully saturated rings. The van der Waals surface area contributed by atoms with Crippen LogP contribution in [-0.4, -0.2) is 46.2 Å². The van der Waals surface area contributed by atoms with E-state index in [9.17, 15) is 9.90 Å². The van der Waals surface area contributed by atoms with Crippen LogP contribution in [0.3, 0.4) is 0 Å². The molecule has 200 valence electrons. The molecule has 4 aromatic rings. The van der Waals surface area contributed by atoms with Crippen molar-refractivity contribution < 1.29 is 31.4 Å². The summed E-state index contributed by atoms with van der Waals surface area (Å²) < 4.78 is 0.579. The van der Waals surface area contributed by atoms with Gasteiger partial charge in [-0.1, -0.05) is 66.7 Å². The topological polar surface area (TPSA) is 62.2 Å². The summed E-state index contributed by atoms with van der Waals surface area (Å²) in [6, 6.07) is 28.0. The van der Waals surface area contributed by atoms with Gasteiger partial charge in [-0.15, -0.1) is 6.58 Å². The Morgan fingerprint density at radius 3 is 2.64 bits per heavy atom. The van der Waals surface area contributed by atoms with Crippen molar-refractivity contribution in [2.75, 3.05) is 25.0 Å². The van der Waals surface area contributed by atoms with Crippen molar-refractivity contribution in [2.24, 2.45) is 11.8 Å². The maximum atomic E-state index is 13.6. The normalized spacial score (nSPS) is 24.5. The van der Waals surface area contributed by atoms with Crippen molar-refractivity contribution in [2.45, 2.75) is 25.0 Å². The summed E-state index contributed by atoms with van der Waals surface area (Å²) in [6.45, 7) is 6.15. The van der Waals surface area contributed by atoms with Crippen LogP contribution in [0.15, 0.2) is 104 Å². The molecule has 4 unspecified atom stereocenters. The molecule has 0 aliphatic carbocycles. The predicted molar refractivity (Wildman–Crippen MR) is 152 cm³/mol. The first-order valence-electron chi connectivity index (χ1n) is 13.5. The van der Waals surface area contributed by atoms with Gasteiger partial charge >= 0.3 is 0 Å². The van der Waals surface area contributed by atoms with Crippen LogP contribution < -0.4 is 22.3 Å². The number of hydrogen-bond donors (Lipinski definition) is 2. The largest absolute Gasteiger partial charge is 1.00 e. The molecule has 5 nitrogen and oxygen atoms in total. The Bertz CT molecular complexity index is 1470. The first-order chi connectivity index (χ1) is 18.6. The molecule has 1 amide bonds. The van der Waals surface area contributed by atoms with Gasteiger partial charge in [0.15, 0.2) is 6.54 Å². The molecule has 6 heteroatoms. The van der Waals surface area contributed by atoms with E-state index in [2.05, 4.69) is 41.2 Å². The maximum absolute atomic E-state index is 13.6. The molecule has 1 aromatic heterocycles. The molecular formula is C33H34BrN3O2. The zero-order chi connectivity index (χ0) is 26.1. The van der Waals surface area contributed by atoms with E-state index in [4.69, 9.17) is 0 Å². The third-order valence-corrected chi connectivity index (χ3v) is 8.75. The van der Waals surface area contributed by atoms with E-state index < -0.39 is 6.10 Å². The lowest BCUT2D eigenvalue weighted by Gasteiger charge is -2.57. The van der Waals surface area contributed by atoms with Gasteiger partial charge in [-0.25, -0.2) is 0 Å². The fourth-order valence-electron chi connectivity index (χ4n) is 6.86. The number of nitrogens with one attached hydrogen (secondary N) is 1. The number of para-hydroxylation sites is 1. The van der Waals surface area contributed by atoms with E-state index in [0.29, 0.717) is 22.9 Å². The minimum absolute atomic E-state index is 0. The van der Waals surface area contributed by atoms with Crippen LogP contribution in [0.1, 0.15) is 24.5 Å². The van der Waals surface area contributed by atoms with Gasteiger partial charge in [-0.3, -0.25) is 9.78 Å². The number of pyridine rings is 1. The second kappa shape index (κ2) is 11.4. The number of fused-ring (bicyclic) bond motifs is 4. The molecule has 3 aliphatic rings. The molecule has 7 rings (SSSR count). The van der Waals surface area contributed by atoms with Crippen LogP contribution in [0.25, 0.3) is 22.0 Å². The predicted octanol–water partition coefficient (Wildman–Crippen LogP) is 2.99. The van der Waals surface area contributed by atoms with Gasteiger partial charge in [0.25, 0.3) is 5.91 Å². The number of aromatic nitrogens is 1. The summed E-state index contributed by atoms with van der Waals surface area (Å²) in [6.07, 6.45) is 5.09. The minimum Gasteiger partial charge on any atom is -1.00 e. The first-order valence-corrected chi connectivity index (χ1v) is 13.5. The van der Waals surface area contributed by atoms with Crippen molar-refractivity contribution in [3.8, 4) is 11.1 Å². The average Bonchev–Trinajstić information content (AvgIpc) is 2.97. The summed E-state index contributed by atoms with van der Waals surface area (Å²) in [5.41, 5.74) is 4.76. The Morgan fingerprint density at radius 1 is 1.05 bits per heavy atom. The number of rotatable bonds is 7. The summed E-state index contributed by atoms with van der Waals surface area (Å²) in [4.78, 5) is 18.1. The molecule has 4 heterocycles. The number of anilines is 1. The van der Waals surface area contributed by atoms with Crippen molar-refractivity contribution >= 4 is 22.5 Å². The van der Waals surface area contributed by atoms with Crippen LogP contribution in [0.5, 0.6) is 0 Å². The zero-order valence-electron chi connectivity index (χ0n) is 21.9. The van der Waals surface area contributed by atoms with E-state index in [1.54, 1.807) is 6.20 Å². The van der Waals surface area contributed by atoms with E-state index in [1.165, 1.54) is 0 Å². The van der Waals surface area contributed by atoms with Crippen molar-refractivity contribution in [1.82, 2.24) is 4.98 Å². The number of aliphatic hydroxyl groups is 1. The van der Waals surface area contributed by atoms with E-state index in [-0.39, 0.29) is 28.9 Å². The molecular weight excluding hydrogens is 550 g/mol. The number of quaternary nitrogens is 1. The lowest BCUT2D eigenvalue weighted by atomic mass is 9.71. The standard InChI is InChI=1S/C33H33N3O2.BrH/c1-2-23-21-36(22-32(37)35-27-12-8-11-25(19-27)24-9-4-3-5-10-24)18-16-26(23)20-31(36)33(38)29-15-17-34-30-14-7-6-13-28(29)30;/h2-15,17,19,23,26,31,33,38H,1,16,18,20-22H2;1H/t23?,26?,31?,33?,36-;/m0./s1. The molecule has 0 saturated carbocycles. The average molecular weight is 585 g/mol. The molecule has 3 aromatic carbocycles. The number of benzene rings is 3. The summed E-state index contributed by atoms with van der Waals surface area (Å²) in [5, 5.41) is 16.0. The van der Waals surface area contributed by atoms with Crippen LogP contribution in [0.2, 0.25) is 0 Å². The van der Waals surface area contributed by atoms with E-state index in [0.717, 1.165) is 59.2 Å². The molecule has 3 aliphatic heterocycles. The third kappa shape index (κ3) is 5.29. The van der Waals surface area contributed by atoms with Crippen molar-refractivity contribution in [3.05, 3.63) is 109 Å². The van der Waals surface area contributed by atoms with Crippen LogP contribution in [0.4, 0.5) is 5.69 Å². The summed E-state index contributed by atoms with van der Waals surface area (Å²) in [5.74, 6) is 0.830. The number of piperidine rings is 3. The number of hydrogen-bond acceptors (Lipinski definition) is 3. The lowest BCUT2D eigenvalue weighted by Crippen LogP contribution is -3.00. The highest BCUT2D eigenvalue weighted by Gasteiger charge is 2.54. The Labute approximate surface area is 240 Å². The second-order valence-corrected chi connectivity index (χ2v) is 10.9. The SMILES string of the molecule is C=CC1C[N@+]2(CC(=O)Nc3cccc(-c4ccccc4)c3)CCC1CC2C(O)c1ccnc2ccccc12.[Br-]. The second-order valence-electron chi connectivity index (χ2n) is 10.9. The van der Waals surface area contributed by atoms with Crippen LogP contribution >= 0.6 is 0 Å². The van der Waals surface area contributed by atoms with E-state index in [1.807, 2.05) is 66.7 Å². The maximum Gasteiger partial charge on any atom is 0.279 e. The Kier molecular flexibility index (Phi) is 7.98. The smallest absolute Gasteiger partial charge is 0.279 e. The number of aliphatic hydroxyl groups excluding tert-OH is 1. The quantitative estimate of drug-likeness (QED) is 0.260. The monoisotopic (exact) mass is 583 g/mol. The highest BCUT2D eigenvalue weighted by molar-refractivity contribution is 5.92. The molecule has 0 radical (unpaired) electrons. The van der Waals surface area contributed by atoms with E-state index >= 15 is 0 Å². The molecule has 39 heavy (non-hydrogen) atoms. The highest BCUT2D eigenvalue weighted by atomic mass is 79.9. The Morgan fingerprint density at radius 2 is 1.82 bits per heavy atom. The summed E-state index contributed by atoms with van der Waals surface area (Å²) in [7, 11) is 0. The fourth-order valence-corrected chi connectivity index (χ4v) is 6.86. The zero-order valence-corrected chi connectivity index (χ0v) is 23.5. The lowest BCUT2D eigenvalue weighted by molar-refractivity contribution is -0.966. The number of halogens is 1. The van der Waals surface area contributed by atoms with Gasteiger partial charge in [0.1, 0.15) is 12.1 Å². The molecule has 5 atom stereocenters. The molecule has 2 bridgehead atoms. The fraction of sp³-hybridized carbons (Fsp3) is 0.273. The van der Waals surface area contributed by atoms with Gasteiger partial charge in [0.05, 0.1) is 18.6 Å². The van der Waals surface area contributed by atoms with Gasteiger partial charge < -0.3 is 31.9 Å². The third-order valence-electron chi connectivity index (χ3n) is 8.75. The molecule has 3 saturated heterocycles. The van der Waals surface area contributed by atoms with Crippen molar-refractivity contribution in [1.29, 1.82) is 0 Å². The van der Waals surface area contributed by atoms with Gasteiger partial charge in [-0.05, 0) is 46.9 Å². The number of carbonyl (C=O) groups excluding carboxylic acids is 1. The number of nitrogens with zero attached hydrogens (tertiary/aromatic N) is 2. The Hall–Kier alpha value is -3.32. The first kappa shape index (κ1) is 27.3. The number of amides is 1. The van der Waals surface area contributed by atoms with Crippen LogP contribution in [0, 0.1) is 11.8 Å². The molecule has 0 spiro atoms. The summed E-state index contributed by atoms with van der Waals surface area (Å²) >= 11 is 0. The van der Waals surface area contributed by atoms with Gasteiger partial charge in [0.2, 0.25) is 0 Å². The Balaban J connectivity index is 0.00000308. The van der Waals surface area contributed by atoms with Crippen molar-refractivity contribution in [3.63, 3.8) is 0 Å². The van der Waals surface area contributed by atoms with Gasteiger partial charge in [-0.2, -0.15) is 0 Å². The molecule has 2 N–H and O–H groups in total. The highest BCUT2D eigenvalue weighted by Crippen LogP contribution is 2.47. The van der Waals surface area contributed by atoms with Gasteiger partial charge in [0, 0.05) is 36.0 Å². The van der Waals surface area contributed by atoms with Crippen LogP contribution in [-0.2, 0) is 4.79 Å². The number of carbonyl (C=O) groups is 1.